The topological polar surface area (TPSA) is 65.2 Å². The van der Waals surface area contributed by atoms with Crippen molar-refractivity contribution in [1.29, 1.82) is 0 Å². The van der Waals surface area contributed by atoms with E-state index >= 15 is 0 Å². The molecule has 0 aromatic carbocycles. The minimum absolute atomic E-state index is 0.00432. The van der Waals surface area contributed by atoms with Gasteiger partial charge in [0.15, 0.2) is 0 Å². The van der Waals surface area contributed by atoms with E-state index in [1.807, 2.05) is 0 Å². The summed E-state index contributed by atoms with van der Waals surface area (Å²) in [5.41, 5.74) is 4.67. The number of hydrogen-bond donors (Lipinski definition) is 1. The van der Waals surface area contributed by atoms with Gasteiger partial charge in [-0.3, -0.25) is 0 Å². The third kappa shape index (κ3) is 3.10. The van der Waals surface area contributed by atoms with E-state index in [2.05, 4.69) is 9.72 Å². The van der Waals surface area contributed by atoms with Gasteiger partial charge in [0.05, 0.1) is 23.4 Å². The van der Waals surface area contributed by atoms with Crippen molar-refractivity contribution in [2.45, 2.75) is 19.9 Å². The maximum atomic E-state index is 12.8. The van der Waals surface area contributed by atoms with Crippen molar-refractivity contribution >= 4 is 17.6 Å². The number of aromatic nitrogens is 1. The SMILES string of the molecule is CCOC(=O)c1cc(CN)nc(Cl)c1C(F)F. The second kappa shape index (κ2) is 5.88. The Bertz CT molecular complexity index is 427. The average Bonchev–Trinajstić information content (AvgIpc) is 2.27. The van der Waals surface area contributed by atoms with Crippen LogP contribution in [0.4, 0.5) is 8.78 Å². The van der Waals surface area contributed by atoms with Crippen molar-refractivity contribution < 1.29 is 18.3 Å². The van der Waals surface area contributed by atoms with Crippen LogP contribution in [0.3, 0.4) is 0 Å². The third-order valence-corrected chi connectivity index (χ3v) is 2.28. The number of nitrogens with two attached hydrogens (primary N) is 1. The quantitative estimate of drug-likeness (QED) is 0.669. The number of carbonyl (C=O) groups is 1. The highest BCUT2D eigenvalue weighted by Gasteiger charge is 2.24. The summed E-state index contributed by atoms with van der Waals surface area (Å²) in [7, 11) is 0. The Morgan fingerprint density at radius 3 is 2.76 bits per heavy atom. The highest BCUT2D eigenvalue weighted by Crippen LogP contribution is 2.30. The number of pyridine rings is 1. The Balaban J connectivity index is 3.32. The molecule has 17 heavy (non-hydrogen) atoms. The molecule has 94 valence electrons. The number of alkyl halides is 2. The average molecular weight is 265 g/mol. The highest BCUT2D eigenvalue weighted by molar-refractivity contribution is 6.30. The molecule has 0 aliphatic rings. The van der Waals surface area contributed by atoms with E-state index in [4.69, 9.17) is 17.3 Å². The second-order valence-corrected chi connectivity index (χ2v) is 3.45. The first kappa shape index (κ1) is 13.8. The molecule has 7 heteroatoms. The standard InChI is InChI=1S/C10H11ClF2N2O2/c1-2-17-10(16)6-3-5(4-14)15-8(11)7(6)9(12)13/h3,9H,2,4,14H2,1H3. The van der Waals surface area contributed by atoms with Crippen molar-refractivity contribution in [2.75, 3.05) is 6.61 Å². The summed E-state index contributed by atoms with van der Waals surface area (Å²) in [6.45, 7) is 1.65. The lowest BCUT2D eigenvalue weighted by molar-refractivity contribution is 0.0515. The summed E-state index contributed by atoms with van der Waals surface area (Å²) in [4.78, 5) is 15.2. The Labute approximate surface area is 102 Å². The summed E-state index contributed by atoms with van der Waals surface area (Å²) in [5, 5.41) is -0.425. The van der Waals surface area contributed by atoms with Crippen LogP contribution >= 0.6 is 11.6 Å². The van der Waals surface area contributed by atoms with Gasteiger partial charge in [0.25, 0.3) is 6.43 Å². The first-order valence-electron chi connectivity index (χ1n) is 4.85. The van der Waals surface area contributed by atoms with Crippen LogP contribution in [0.5, 0.6) is 0 Å². The molecule has 1 heterocycles. The molecule has 0 spiro atoms. The van der Waals surface area contributed by atoms with E-state index in [1.165, 1.54) is 6.07 Å². The number of hydrogen-bond acceptors (Lipinski definition) is 4. The minimum atomic E-state index is -2.90. The molecular formula is C10H11ClF2N2O2. The van der Waals surface area contributed by atoms with Crippen LogP contribution in [0.15, 0.2) is 6.07 Å². The Kier molecular flexibility index (Phi) is 4.77. The predicted molar refractivity (Wildman–Crippen MR) is 58.1 cm³/mol. The molecular weight excluding hydrogens is 254 g/mol. The van der Waals surface area contributed by atoms with Crippen molar-refractivity contribution in [3.63, 3.8) is 0 Å². The van der Waals surface area contributed by atoms with Crippen molar-refractivity contribution in [1.82, 2.24) is 4.98 Å². The molecule has 4 nitrogen and oxygen atoms in total. The Hall–Kier alpha value is -1.27. The van der Waals surface area contributed by atoms with Gasteiger partial charge in [-0.1, -0.05) is 11.6 Å². The largest absolute Gasteiger partial charge is 0.462 e. The van der Waals surface area contributed by atoms with Gasteiger partial charge in [-0.2, -0.15) is 0 Å². The van der Waals surface area contributed by atoms with Crippen LogP contribution < -0.4 is 5.73 Å². The molecule has 0 bridgehead atoms. The number of nitrogens with zero attached hydrogens (tertiary/aromatic N) is 1. The molecule has 0 radical (unpaired) electrons. The second-order valence-electron chi connectivity index (χ2n) is 3.09. The van der Waals surface area contributed by atoms with Gasteiger partial charge < -0.3 is 10.5 Å². The Morgan fingerprint density at radius 1 is 1.65 bits per heavy atom. The molecule has 0 atom stereocenters. The number of carbonyl (C=O) groups excluding carboxylic acids is 1. The summed E-state index contributed by atoms with van der Waals surface area (Å²) >= 11 is 5.60. The van der Waals surface area contributed by atoms with Crippen LogP contribution in [0.25, 0.3) is 0 Å². The van der Waals surface area contributed by atoms with E-state index in [0.29, 0.717) is 0 Å². The Morgan fingerprint density at radius 2 is 2.29 bits per heavy atom. The zero-order valence-corrected chi connectivity index (χ0v) is 9.80. The normalized spacial score (nSPS) is 10.7. The number of halogens is 3. The fourth-order valence-corrected chi connectivity index (χ4v) is 1.56. The van der Waals surface area contributed by atoms with E-state index in [-0.39, 0.29) is 24.4 Å². The number of ether oxygens (including phenoxy) is 1. The number of esters is 1. The molecule has 0 aliphatic carbocycles. The summed E-state index contributed by atoms with van der Waals surface area (Å²) < 4.78 is 30.2. The van der Waals surface area contributed by atoms with Gasteiger partial charge in [-0.05, 0) is 13.0 Å². The molecule has 0 fully saturated rings. The van der Waals surface area contributed by atoms with Crippen LogP contribution in [-0.4, -0.2) is 17.6 Å². The van der Waals surface area contributed by atoms with Crippen molar-refractivity contribution in [3.05, 3.63) is 28.0 Å². The molecule has 0 saturated carbocycles. The maximum Gasteiger partial charge on any atom is 0.338 e. The molecule has 0 aliphatic heterocycles. The molecule has 0 amide bonds. The van der Waals surface area contributed by atoms with E-state index in [1.54, 1.807) is 6.92 Å². The van der Waals surface area contributed by atoms with Crippen LogP contribution in [0.1, 0.15) is 35.0 Å². The van der Waals surface area contributed by atoms with E-state index in [9.17, 15) is 13.6 Å². The third-order valence-electron chi connectivity index (χ3n) is 1.99. The van der Waals surface area contributed by atoms with E-state index < -0.39 is 23.1 Å². The van der Waals surface area contributed by atoms with Gasteiger partial charge >= 0.3 is 5.97 Å². The smallest absolute Gasteiger partial charge is 0.338 e. The van der Waals surface area contributed by atoms with Gasteiger partial charge in [-0.15, -0.1) is 0 Å². The fourth-order valence-electron chi connectivity index (χ4n) is 1.26. The molecule has 1 aromatic rings. The molecule has 1 rings (SSSR count). The summed E-state index contributed by atoms with van der Waals surface area (Å²) in [6, 6.07) is 1.17. The maximum absolute atomic E-state index is 12.8. The zero-order chi connectivity index (χ0) is 13.0. The lowest BCUT2D eigenvalue weighted by atomic mass is 10.1. The fraction of sp³-hybridized carbons (Fsp3) is 0.400. The zero-order valence-electron chi connectivity index (χ0n) is 9.04. The highest BCUT2D eigenvalue weighted by atomic mass is 35.5. The van der Waals surface area contributed by atoms with Gasteiger partial charge in [-0.25, -0.2) is 18.6 Å². The lowest BCUT2D eigenvalue weighted by Crippen LogP contribution is -2.12. The molecule has 1 aromatic heterocycles. The lowest BCUT2D eigenvalue weighted by Gasteiger charge is -2.11. The van der Waals surface area contributed by atoms with Crippen molar-refractivity contribution in [2.24, 2.45) is 5.73 Å². The molecule has 2 N–H and O–H groups in total. The first-order chi connectivity index (χ1) is 8.01. The molecule has 0 unspecified atom stereocenters. The van der Waals surface area contributed by atoms with Gasteiger partial charge in [0.1, 0.15) is 5.15 Å². The van der Waals surface area contributed by atoms with Crippen LogP contribution in [0.2, 0.25) is 5.15 Å². The summed E-state index contributed by atoms with van der Waals surface area (Å²) in [5.74, 6) is -0.859. The van der Waals surface area contributed by atoms with Gasteiger partial charge in [0.2, 0.25) is 0 Å². The van der Waals surface area contributed by atoms with Crippen LogP contribution in [0, 0.1) is 0 Å². The van der Waals surface area contributed by atoms with Crippen molar-refractivity contribution in [3.8, 4) is 0 Å². The van der Waals surface area contributed by atoms with Gasteiger partial charge in [0, 0.05) is 6.54 Å². The van der Waals surface area contributed by atoms with E-state index in [0.717, 1.165) is 0 Å². The minimum Gasteiger partial charge on any atom is -0.462 e. The molecule has 0 saturated heterocycles. The predicted octanol–water partition coefficient (Wildman–Crippen LogP) is 2.31. The summed E-state index contributed by atoms with van der Waals surface area (Å²) in [6.07, 6.45) is -2.90. The number of rotatable bonds is 4. The van der Waals surface area contributed by atoms with Crippen LogP contribution in [-0.2, 0) is 11.3 Å². The monoisotopic (exact) mass is 264 g/mol. The first-order valence-corrected chi connectivity index (χ1v) is 5.23.